The molecule has 83 heavy (non-hydrogen) atoms. The first-order valence-corrected chi connectivity index (χ1v) is 33.4. The normalized spacial score (nSPS) is 14.3. The van der Waals surface area contributed by atoms with Crippen molar-refractivity contribution in [3.05, 3.63) is 194 Å². The maximum atomic E-state index is 12.7. The molecule has 2 atom stereocenters. The van der Waals surface area contributed by atoms with Gasteiger partial charge in [-0.05, 0) is 141 Å². The van der Waals surface area contributed by atoms with E-state index in [4.69, 9.17) is 24.3 Å². The number of ether oxygens (including phenoxy) is 2. The fraction of sp³-hybridized carbons (Fsp3) is 0.534. The number of rotatable bonds is 57. The second-order valence-corrected chi connectivity index (χ2v) is 21.6. The molecule has 0 rings (SSSR count). The Morgan fingerprint density at radius 3 is 0.952 bits per heavy atom. The number of phosphoric ester groups is 1. The predicted molar refractivity (Wildman–Crippen MR) is 357 cm³/mol. The van der Waals surface area contributed by atoms with Gasteiger partial charge in [-0.3, -0.25) is 18.6 Å². The number of allylic oxidation sites excluding steroid dienone is 32. The molecule has 464 valence electrons. The van der Waals surface area contributed by atoms with Crippen molar-refractivity contribution >= 4 is 19.8 Å². The van der Waals surface area contributed by atoms with E-state index < -0.39 is 32.5 Å². The summed E-state index contributed by atoms with van der Waals surface area (Å²) >= 11 is 0. The molecule has 0 aromatic heterocycles. The second kappa shape index (κ2) is 66.0. The summed E-state index contributed by atoms with van der Waals surface area (Å²) in [7, 11) is -4.42. The fourth-order valence-electron chi connectivity index (χ4n) is 7.84. The van der Waals surface area contributed by atoms with Gasteiger partial charge < -0.3 is 20.1 Å². The van der Waals surface area contributed by atoms with Crippen molar-refractivity contribution in [3.8, 4) is 0 Å². The van der Waals surface area contributed by atoms with E-state index in [-0.39, 0.29) is 32.6 Å². The van der Waals surface area contributed by atoms with Gasteiger partial charge in [-0.15, -0.1) is 0 Å². The quantitative estimate of drug-likeness (QED) is 0.0264. The molecule has 0 aromatic rings. The molecule has 9 nitrogen and oxygen atoms in total. The van der Waals surface area contributed by atoms with Gasteiger partial charge in [0.2, 0.25) is 0 Å². The average molecular weight is 1160 g/mol. The molecule has 2 unspecified atom stereocenters. The lowest BCUT2D eigenvalue weighted by Gasteiger charge is -2.19. The molecule has 0 bridgehead atoms. The van der Waals surface area contributed by atoms with Crippen LogP contribution in [0, 0.1) is 0 Å². The first-order chi connectivity index (χ1) is 40.8. The molecule has 0 heterocycles. The lowest BCUT2D eigenvalue weighted by Crippen LogP contribution is -2.29. The van der Waals surface area contributed by atoms with Crippen LogP contribution in [0.4, 0.5) is 0 Å². The van der Waals surface area contributed by atoms with Crippen molar-refractivity contribution in [1.82, 2.24) is 0 Å². The molecule has 0 aromatic carbocycles. The van der Waals surface area contributed by atoms with Crippen LogP contribution in [0.25, 0.3) is 0 Å². The third kappa shape index (κ3) is 65.9. The van der Waals surface area contributed by atoms with Crippen LogP contribution in [0.1, 0.15) is 219 Å². The topological polar surface area (TPSA) is 134 Å². The molecule has 0 radical (unpaired) electrons. The molecule has 0 saturated carbocycles. The summed E-state index contributed by atoms with van der Waals surface area (Å²) in [4.78, 5) is 35.3. The van der Waals surface area contributed by atoms with Crippen LogP contribution in [-0.2, 0) is 32.7 Å². The molecule has 10 heteroatoms. The lowest BCUT2D eigenvalue weighted by molar-refractivity contribution is -0.161. The van der Waals surface area contributed by atoms with Gasteiger partial charge in [-0.25, -0.2) is 4.57 Å². The number of phosphoric acid groups is 1. The highest BCUT2D eigenvalue weighted by Crippen LogP contribution is 2.43. The third-order valence-corrected chi connectivity index (χ3v) is 13.5. The van der Waals surface area contributed by atoms with E-state index in [1.54, 1.807) is 0 Å². The van der Waals surface area contributed by atoms with Crippen molar-refractivity contribution < 1.29 is 37.6 Å². The molecule has 3 N–H and O–H groups in total. The van der Waals surface area contributed by atoms with E-state index in [9.17, 15) is 19.0 Å². The Balaban J connectivity index is 4.09. The van der Waals surface area contributed by atoms with E-state index in [0.717, 1.165) is 141 Å². The summed E-state index contributed by atoms with van der Waals surface area (Å²) in [6.07, 6.45) is 101. The third-order valence-electron chi connectivity index (χ3n) is 12.5. The van der Waals surface area contributed by atoms with E-state index in [0.29, 0.717) is 12.8 Å². The van der Waals surface area contributed by atoms with Crippen LogP contribution in [0.5, 0.6) is 0 Å². The highest BCUT2D eigenvalue weighted by Gasteiger charge is 2.26. The van der Waals surface area contributed by atoms with Crippen molar-refractivity contribution in [2.45, 2.75) is 225 Å². The van der Waals surface area contributed by atoms with Gasteiger partial charge in [0.1, 0.15) is 6.61 Å². The predicted octanol–water partition coefficient (Wildman–Crippen LogP) is 21.0. The number of carbonyl (C=O) groups excluding carboxylic acids is 2. The van der Waals surface area contributed by atoms with Crippen LogP contribution in [-0.4, -0.2) is 49.3 Å². The Labute approximate surface area is 506 Å². The first kappa shape index (κ1) is 77.9. The lowest BCUT2D eigenvalue weighted by atomic mass is 10.0. The number of hydrogen-bond donors (Lipinski definition) is 2. The molecule has 0 aliphatic heterocycles. The summed E-state index contributed by atoms with van der Waals surface area (Å²) in [6, 6.07) is 0. The molecule has 0 fully saturated rings. The Hall–Kier alpha value is -5.15. The highest BCUT2D eigenvalue weighted by molar-refractivity contribution is 7.47. The second-order valence-electron chi connectivity index (χ2n) is 20.2. The summed E-state index contributed by atoms with van der Waals surface area (Å²) in [5.41, 5.74) is 5.39. The summed E-state index contributed by atoms with van der Waals surface area (Å²) < 4.78 is 33.0. The Kier molecular flexibility index (Phi) is 61.9. The Bertz CT molecular complexity index is 2060. The van der Waals surface area contributed by atoms with E-state index in [1.807, 2.05) is 0 Å². The smallest absolute Gasteiger partial charge is 0.462 e. The monoisotopic (exact) mass is 1160 g/mol. The summed E-state index contributed by atoms with van der Waals surface area (Å²) in [6.45, 7) is 3.43. The minimum atomic E-state index is -4.42. The molecule has 0 spiro atoms. The maximum Gasteiger partial charge on any atom is 0.472 e. The first-order valence-electron chi connectivity index (χ1n) is 31.9. The Morgan fingerprint density at radius 1 is 0.361 bits per heavy atom. The van der Waals surface area contributed by atoms with Gasteiger partial charge in [0.25, 0.3) is 0 Å². The van der Waals surface area contributed by atoms with Gasteiger partial charge in [0.15, 0.2) is 6.10 Å². The standard InChI is InChI=1S/C73H114NO8P/c1-3-5-7-9-11-13-15-17-19-21-23-25-27-29-31-32-33-34-35-36-37-38-40-42-44-46-48-50-52-54-56-58-60-62-64-66-73(76)82-71(70-81-83(77,78)80-68-67-74)69-79-72(75)65-63-61-59-57-55-53-51-49-47-45-43-41-39-30-28-26-24-22-20-18-16-14-12-10-8-6-4-2/h5-8,11-14,17-20,23-26,29-31,33-34,36-37,39-40,42-43,45,49,51,55,57,71H,3-4,9-10,15-16,21-22,27-28,32,35,38,41,44,46-48,50,52-54,56,58-70,74H2,1-2H3,(H,77,78)/b7-5-,8-6-,13-11-,14-12-,19-17-,20-18-,25-23-,26-24-,31-29-,34-33-,37-36-,39-30-,42-40-,45-43-,51-49-,57-55-. The number of carbonyl (C=O) groups is 2. The molecular weight excluding hydrogens is 1050 g/mol. The van der Waals surface area contributed by atoms with Gasteiger partial charge in [0.05, 0.1) is 13.2 Å². The van der Waals surface area contributed by atoms with Crippen LogP contribution < -0.4 is 5.73 Å². The van der Waals surface area contributed by atoms with E-state index in [2.05, 4.69) is 208 Å². The van der Waals surface area contributed by atoms with E-state index in [1.165, 1.54) is 38.5 Å². The van der Waals surface area contributed by atoms with Gasteiger partial charge >= 0.3 is 19.8 Å². The zero-order valence-corrected chi connectivity index (χ0v) is 52.7. The van der Waals surface area contributed by atoms with Crippen LogP contribution in [0.3, 0.4) is 0 Å². The Morgan fingerprint density at radius 2 is 0.627 bits per heavy atom. The van der Waals surface area contributed by atoms with Gasteiger partial charge in [-0.2, -0.15) is 0 Å². The molecule has 0 saturated heterocycles. The molecule has 0 aliphatic rings. The van der Waals surface area contributed by atoms with Crippen molar-refractivity contribution in [3.63, 3.8) is 0 Å². The van der Waals surface area contributed by atoms with Crippen molar-refractivity contribution in [2.24, 2.45) is 5.73 Å². The van der Waals surface area contributed by atoms with Crippen LogP contribution >= 0.6 is 7.82 Å². The van der Waals surface area contributed by atoms with Crippen LogP contribution in [0.2, 0.25) is 0 Å². The van der Waals surface area contributed by atoms with Gasteiger partial charge in [-0.1, -0.05) is 260 Å². The minimum absolute atomic E-state index is 0.0355. The molecule has 0 aliphatic carbocycles. The molecule has 0 amide bonds. The fourth-order valence-corrected chi connectivity index (χ4v) is 8.61. The number of unbranched alkanes of at least 4 members (excludes halogenated alkanes) is 12. The highest BCUT2D eigenvalue weighted by atomic mass is 31.2. The zero-order valence-electron chi connectivity index (χ0n) is 51.8. The van der Waals surface area contributed by atoms with Crippen molar-refractivity contribution in [1.29, 1.82) is 0 Å². The van der Waals surface area contributed by atoms with Gasteiger partial charge in [0, 0.05) is 19.4 Å². The largest absolute Gasteiger partial charge is 0.472 e. The van der Waals surface area contributed by atoms with Crippen molar-refractivity contribution in [2.75, 3.05) is 26.4 Å². The number of nitrogens with two attached hydrogens (primary N) is 1. The number of esters is 2. The SMILES string of the molecule is CC/C=C\C/C=C\C/C=C\C/C=C\C/C=C\C/C=C\C/C=C\C/C=C\CCCCCCCCCCCCC(=O)OC(COC(=O)CCCC/C=C\C/C=C\C/C=C\C/C=C\C/C=C\C/C=C\C/C=C\C/C=C\CC)COP(=O)(O)OCCN. The number of hydrogen-bond acceptors (Lipinski definition) is 8. The van der Waals surface area contributed by atoms with Crippen LogP contribution in [0.15, 0.2) is 194 Å². The summed E-state index contributed by atoms with van der Waals surface area (Å²) in [5.74, 6) is -0.900. The average Bonchev–Trinajstić information content (AvgIpc) is 3.48. The minimum Gasteiger partial charge on any atom is -0.462 e. The zero-order chi connectivity index (χ0) is 60.1. The van der Waals surface area contributed by atoms with E-state index >= 15 is 0 Å². The molecular formula is C73H114NO8P. The maximum absolute atomic E-state index is 12.7. The summed E-state index contributed by atoms with van der Waals surface area (Å²) in [5, 5.41) is 0.